The Morgan fingerprint density at radius 2 is 2.09 bits per heavy atom. The van der Waals surface area contributed by atoms with Gasteiger partial charge in [0, 0.05) is 41.8 Å². The van der Waals surface area contributed by atoms with E-state index in [4.69, 9.17) is 0 Å². The second-order valence-electron chi connectivity index (χ2n) is 9.74. The van der Waals surface area contributed by atoms with E-state index in [1.807, 2.05) is 52.2 Å². The number of allylic oxidation sites excluding steroid dienone is 2. The lowest BCUT2D eigenvalue weighted by molar-refractivity contribution is -0.120. The number of ketones is 1. The summed E-state index contributed by atoms with van der Waals surface area (Å²) in [5.74, 6) is -0.0116. The van der Waals surface area contributed by atoms with Crippen molar-refractivity contribution in [3.8, 4) is 11.1 Å². The molecule has 0 spiro atoms. The molecule has 3 aliphatic rings. The van der Waals surface area contributed by atoms with Crippen molar-refractivity contribution in [3.05, 3.63) is 64.8 Å². The Bertz CT molecular complexity index is 1220. The maximum absolute atomic E-state index is 15.7. The lowest BCUT2D eigenvalue weighted by atomic mass is 9.58. The summed E-state index contributed by atoms with van der Waals surface area (Å²) in [5, 5.41) is 16.2. The van der Waals surface area contributed by atoms with Gasteiger partial charge < -0.3 is 5.32 Å². The second kappa shape index (κ2) is 6.95. The van der Waals surface area contributed by atoms with Crippen LogP contribution in [0.3, 0.4) is 0 Å². The first kappa shape index (κ1) is 20.8. The summed E-state index contributed by atoms with van der Waals surface area (Å²) < 4.78 is 17.5. The normalized spacial score (nSPS) is 28.3. The van der Waals surface area contributed by atoms with E-state index >= 15 is 4.39 Å². The van der Waals surface area contributed by atoms with Crippen LogP contribution < -0.4 is 5.32 Å². The van der Waals surface area contributed by atoms with Gasteiger partial charge >= 0.3 is 0 Å². The number of Topliss-reactive ketones (excluding diaryl/α,β-unsaturated/α-hetero) is 1. The molecule has 166 valence electrons. The number of hydrogen-bond donors (Lipinski definition) is 1. The summed E-state index contributed by atoms with van der Waals surface area (Å²) in [6, 6.07) is 8.19. The molecule has 2 aromatic rings. The third-order valence-electron chi connectivity index (χ3n) is 7.20. The summed E-state index contributed by atoms with van der Waals surface area (Å²) >= 11 is 0. The molecule has 1 aromatic carbocycles. The lowest BCUT2D eigenvalue weighted by Crippen LogP contribution is -2.55. The minimum absolute atomic E-state index is 0.0116. The van der Waals surface area contributed by atoms with Crippen LogP contribution in [-0.2, 0) is 17.3 Å². The van der Waals surface area contributed by atoms with Gasteiger partial charge in [-0.3, -0.25) is 9.48 Å². The maximum atomic E-state index is 15.7. The van der Waals surface area contributed by atoms with Crippen LogP contribution >= 0.6 is 0 Å². The van der Waals surface area contributed by atoms with Crippen molar-refractivity contribution in [2.24, 2.45) is 22.7 Å². The smallest absolute Gasteiger partial charge is 0.164 e. The number of nitrogens with zero attached hydrogens (tertiary/aromatic N) is 4. The highest BCUT2D eigenvalue weighted by Crippen LogP contribution is 2.54. The summed E-state index contributed by atoms with van der Waals surface area (Å²) in [5.41, 5.74) is 4.20. The fourth-order valence-corrected chi connectivity index (χ4v) is 5.64. The molecule has 1 aromatic heterocycles. The lowest BCUT2D eigenvalue weighted by Gasteiger charge is -2.49. The molecule has 0 bridgehead atoms. The van der Waals surface area contributed by atoms with Gasteiger partial charge in [-0.05, 0) is 30.5 Å². The summed E-state index contributed by atoms with van der Waals surface area (Å²) in [6.45, 7) is 7.65. The van der Waals surface area contributed by atoms with Gasteiger partial charge in [0.2, 0.25) is 0 Å². The molecule has 7 heteroatoms. The first-order valence-electron chi connectivity index (χ1n) is 11.1. The van der Waals surface area contributed by atoms with Gasteiger partial charge in [0.25, 0.3) is 0 Å². The Kier molecular flexibility index (Phi) is 4.52. The van der Waals surface area contributed by atoms with E-state index in [9.17, 15) is 4.79 Å². The number of aryl methyl sites for hydroxylation is 2. The van der Waals surface area contributed by atoms with E-state index in [2.05, 4.69) is 33.6 Å². The third-order valence-corrected chi connectivity index (χ3v) is 7.20. The number of carbonyl (C=O) groups excluding carboxylic acids is 1. The molecule has 1 unspecified atom stereocenters. The fourth-order valence-electron chi connectivity index (χ4n) is 5.64. The Balaban J connectivity index is 1.77. The highest BCUT2D eigenvalue weighted by Gasteiger charge is 2.56. The van der Waals surface area contributed by atoms with Crippen molar-refractivity contribution in [3.63, 3.8) is 0 Å². The summed E-state index contributed by atoms with van der Waals surface area (Å²) in [7, 11) is 1.90. The molecule has 0 saturated heterocycles. The van der Waals surface area contributed by atoms with Crippen LogP contribution in [-0.4, -0.2) is 27.9 Å². The summed E-state index contributed by atoms with van der Waals surface area (Å²) in [4.78, 5) is 13.6. The predicted octanol–water partition coefficient (Wildman–Crippen LogP) is 4.91. The molecular formula is C25H28FN5O. The van der Waals surface area contributed by atoms with Crippen LogP contribution in [0.25, 0.3) is 11.1 Å². The standard InChI is InChI=1S/C25H28FN5O/c1-6-25(16-9-7-8-15(10-16)17-13-31(5)30-14(17)2)18-12-27-29-23(18)28-21-20(25)19(32)11-24(3,4)22(21)26/h7-10,12-13,22-23,28H,6,11H2,1-5H3/t22-,23?,25+/m1/s1. The van der Waals surface area contributed by atoms with Gasteiger partial charge in [0.05, 0.1) is 23.0 Å². The molecule has 0 fully saturated rings. The van der Waals surface area contributed by atoms with Gasteiger partial charge in [-0.25, -0.2) is 4.39 Å². The van der Waals surface area contributed by atoms with Crippen molar-refractivity contribution in [2.75, 3.05) is 0 Å². The number of halogens is 1. The van der Waals surface area contributed by atoms with E-state index in [0.29, 0.717) is 17.7 Å². The number of hydrogen-bond acceptors (Lipinski definition) is 5. The highest BCUT2D eigenvalue weighted by atomic mass is 19.1. The molecule has 2 aliphatic heterocycles. The molecule has 0 saturated carbocycles. The van der Waals surface area contributed by atoms with Crippen molar-refractivity contribution in [2.45, 2.75) is 58.3 Å². The number of alkyl halides is 1. The number of nitrogens with one attached hydrogen (secondary N) is 1. The Labute approximate surface area is 187 Å². The Morgan fingerprint density at radius 3 is 2.78 bits per heavy atom. The van der Waals surface area contributed by atoms with Crippen molar-refractivity contribution in [1.29, 1.82) is 0 Å². The molecule has 0 amide bonds. The molecule has 3 heterocycles. The van der Waals surface area contributed by atoms with E-state index in [0.717, 1.165) is 28.0 Å². The van der Waals surface area contributed by atoms with E-state index < -0.39 is 23.2 Å². The van der Waals surface area contributed by atoms with Crippen molar-refractivity contribution in [1.82, 2.24) is 15.1 Å². The van der Waals surface area contributed by atoms with Gasteiger partial charge in [-0.2, -0.15) is 15.3 Å². The van der Waals surface area contributed by atoms with Crippen molar-refractivity contribution < 1.29 is 9.18 Å². The second-order valence-corrected chi connectivity index (χ2v) is 9.74. The summed E-state index contributed by atoms with van der Waals surface area (Å²) in [6.07, 6.45) is 2.78. The van der Waals surface area contributed by atoms with Crippen LogP contribution in [0.2, 0.25) is 0 Å². The Morgan fingerprint density at radius 1 is 1.31 bits per heavy atom. The van der Waals surface area contributed by atoms with Crippen LogP contribution in [0, 0.1) is 12.3 Å². The number of carbonyl (C=O) groups is 1. The minimum Gasteiger partial charge on any atom is -0.359 e. The monoisotopic (exact) mass is 433 g/mol. The third kappa shape index (κ3) is 2.76. The molecule has 6 nitrogen and oxygen atoms in total. The maximum Gasteiger partial charge on any atom is 0.164 e. The first-order valence-corrected chi connectivity index (χ1v) is 11.1. The van der Waals surface area contributed by atoms with E-state index in [-0.39, 0.29) is 12.2 Å². The first-order chi connectivity index (χ1) is 15.2. The minimum atomic E-state index is -1.28. The topological polar surface area (TPSA) is 71.6 Å². The molecule has 0 radical (unpaired) electrons. The molecule has 32 heavy (non-hydrogen) atoms. The molecule has 5 rings (SSSR count). The average molecular weight is 434 g/mol. The number of fused-ring (bicyclic) bond motifs is 1. The highest BCUT2D eigenvalue weighted by molar-refractivity contribution is 6.02. The van der Waals surface area contributed by atoms with Crippen LogP contribution in [0.1, 0.15) is 44.9 Å². The Hall–Kier alpha value is -3.09. The molecule has 3 atom stereocenters. The number of aromatic nitrogens is 2. The quantitative estimate of drug-likeness (QED) is 0.747. The molecular weight excluding hydrogens is 405 g/mol. The number of azo groups is 1. The fraction of sp³-hybridized carbons (Fsp3) is 0.440. The van der Waals surface area contributed by atoms with E-state index in [1.54, 1.807) is 10.9 Å². The average Bonchev–Trinajstić information content (AvgIpc) is 3.36. The van der Waals surface area contributed by atoms with Gasteiger partial charge in [0.15, 0.2) is 11.9 Å². The van der Waals surface area contributed by atoms with Crippen LogP contribution in [0.4, 0.5) is 4.39 Å². The number of rotatable bonds is 3. The zero-order valence-electron chi connectivity index (χ0n) is 19.1. The largest absolute Gasteiger partial charge is 0.359 e. The van der Waals surface area contributed by atoms with Gasteiger partial charge in [-0.15, -0.1) is 0 Å². The zero-order chi connectivity index (χ0) is 22.8. The predicted molar refractivity (Wildman–Crippen MR) is 121 cm³/mol. The van der Waals surface area contributed by atoms with E-state index in [1.165, 1.54) is 0 Å². The van der Waals surface area contributed by atoms with Crippen molar-refractivity contribution >= 4 is 5.78 Å². The SMILES string of the molecule is CC[C@]1(c2cccc(-c3cn(C)nc3C)c2)C2=CN=NC2NC2=C1C(=O)CC(C)(C)[C@@H]2F. The molecule has 1 N–H and O–H groups in total. The van der Waals surface area contributed by atoms with Gasteiger partial charge in [-0.1, -0.05) is 39.0 Å². The van der Waals surface area contributed by atoms with Crippen LogP contribution in [0.5, 0.6) is 0 Å². The zero-order valence-corrected chi connectivity index (χ0v) is 19.1. The van der Waals surface area contributed by atoms with Gasteiger partial charge in [0.1, 0.15) is 6.17 Å². The van der Waals surface area contributed by atoms with Crippen LogP contribution in [0.15, 0.2) is 63.7 Å². The molecule has 1 aliphatic carbocycles. The number of benzene rings is 1.